The number of benzene rings is 2. The molecule has 0 radical (unpaired) electrons. The van der Waals surface area contributed by atoms with E-state index in [0.29, 0.717) is 19.0 Å². The SMILES string of the molecule is COc1ccc2ncc(=O)n(CCN3CCC(NCc4ccc5c(c4)NC(=O)CC5)CC3)c2c1.Cl. The summed E-state index contributed by atoms with van der Waals surface area (Å²) in [4.78, 5) is 30.8. The van der Waals surface area contributed by atoms with E-state index in [1.165, 1.54) is 17.3 Å². The van der Waals surface area contributed by atoms with E-state index in [2.05, 4.69) is 38.7 Å². The van der Waals surface area contributed by atoms with E-state index in [0.717, 1.165) is 67.9 Å². The Morgan fingerprint density at radius 2 is 1.91 bits per heavy atom. The first kappa shape index (κ1) is 25.2. The molecule has 0 saturated carbocycles. The van der Waals surface area contributed by atoms with E-state index in [-0.39, 0.29) is 23.9 Å². The van der Waals surface area contributed by atoms with Crippen molar-refractivity contribution in [2.45, 2.75) is 44.8 Å². The highest BCUT2D eigenvalue weighted by Crippen LogP contribution is 2.24. The third kappa shape index (κ3) is 5.83. The van der Waals surface area contributed by atoms with Crippen molar-refractivity contribution >= 4 is 35.0 Å². The number of halogens is 1. The molecule has 9 heteroatoms. The van der Waals surface area contributed by atoms with Crippen molar-refractivity contribution in [1.29, 1.82) is 0 Å². The molecule has 2 aromatic carbocycles. The summed E-state index contributed by atoms with van der Waals surface area (Å²) in [5, 5.41) is 6.66. The van der Waals surface area contributed by atoms with Gasteiger partial charge < -0.3 is 24.8 Å². The third-order valence-electron chi connectivity index (χ3n) is 6.95. The van der Waals surface area contributed by atoms with E-state index < -0.39 is 0 Å². The second-order valence-electron chi connectivity index (χ2n) is 9.14. The lowest BCUT2D eigenvalue weighted by Gasteiger charge is -2.32. The Labute approximate surface area is 211 Å². The highest BCUT2D eigenvalue weighted by Gasteiger charge is 2.20. The zero-order chi connectivity index (χ0) is 23.5. The fourth-order valence-corrected chi connectivity index (χ4v) is 4.89. The number of amides is 1. The first-order valence-corrected chi connectivity index (χ1v) is 12.0. The zero-order valence-electron chi connectivity index (χ0n) is 20.0. The van der Waals surface area contributed by atoms with Crippen LogP contribution in [0.3, 0.4) is 0 Å². The topological polar surface area (TPSA) is 88.5 Å². The van der Waals surface area contributed by atoms with Crippen LogP contribution >= 0.6 is 12.4 Å². The minimum Gasteiger partial charge on any atom is -0.497 e. The van der Waals surface area contributed by atoms with Gasteiger partial charge in [-0.2, -0.15) is 0 Å². The maximum Gasteiger partial charge on any atom is 0.269 e. The van der Waals surface area contributed by atoms with Crippen molar-refractivity contribution in [1.82, 2.24) is 19.8 Å². The number of ether oxygens (including phenoxy) is 1. The van der Waals surface area contributed by atoms with Gasteiger partial charge in [0.05, 0.1) is 24.3 Å². The van der Waals surface area contributed by atoms with Crippen molar-refractivity contribution in [3.63, 3.8) is 0 Å². The Kier molecular flexibility index (Phi) is 8.05. The lowest BCUT2D eigenvalue weighted by atomic mass is 10.00. The van der Waals surface area contributed by atoms with Gasteiger partial charge in [0.15, 0.2) is 0 Å². The van der Waals surface area contributed by atoms with Crippen molar-refractivity contribution in [2.24, 2.45) is 0 Å². The lowest BCUT2D eigenvalue weighted by molar-refractivity contribution is -0.116. The molecular weight excluding hydrogens is 466 g/mol. The number of carbonyl (C=O) groups excluding carboxylic acids is 1. The zero-order valence-corrected chi connectivity index (χ0v) is 20.8. The van der Waals surface area contributed by atoms with Gasteiger partial charge in [-0.15, -0.1) is 12.4 Å². The number of carbonyl (C=O) groups is 1. The van der Waals surface area contributed by atoms with Gasteiger partial charge in [-0.3, -0.25) is 9.59 Å². The number of hydrogen-bond donors (Lipinski definition) is 2. The van der Waals surface area contributed by atoms with E-state index in [1.54, 1.807) is 11.7 Å². The van der Waals surface area contributed by atoms with Gasteiger partial charge in [-0.1, -0.05) is 12.1 Å². The molecule has 3 aromatic rings. The van der Waals surface area contributed by atoms with Crippen molar-refractivity contribution in [3.8, 4) is 5.75 Å². The number of nitrogens with zero attached hydrogens (tertiary/aromatic N) is 3. The van der Waals surface area contributed by atoms with Gasteiger partial charge in [0.1, 0.15) is 5.75 Å². The molecule has 3 heterocycles. The predicted octanol–water partition coefficient (Wildman–Crippen LogP) is 2.97. The minimum absolute atomic E-state index is 0. The standard InChI is InChI=1S/C26H31N5O3.ClH/c1-34-21-5-6-22-24(15-21)31(26(33)17-28-22)13-12-30-10-8-20(9-11-30)27-16-18-2-3-19-4-7-25(32)29-23(19)14-18;/h2-3,5-6,14-15,17,20,27H,4,7-13,16H2,1H3,(H,29,32);1H. The molecule has 1 amide bonds. The summed E-state index contributed by atoms with van der Waals surface area (Å²) in [6.07, 6.45) is 4.94. The molecule has 0 unspecified atom stereocenters. The molecule has 0 spiro atoms. The number of fused-ring (bicyclic) bond motifs is 2. The van der Waals surface area contributed by atoms with E-state index in [1.807, 2.05) is 18.2 Å². The summed E-state index contributed by atoms with van der Waals surface area (Å²) in [7, 11) is 1.63. The Balaban J connectivity index is 0.00000289. The summed E-state index contributed by atoms with van der Waals surface area (Å²) < 4.78 is 7.13. The van der Waals surface area contributed by atoms with E-state index in [9.17, 15) is 9.59 Å². The van der Waals surface area contributed by atoms with E-state index in [4.69, 9.17) is 4.74 Å². The Hall–Kier alpha value is -2.94. The second-order valence-corrected chi connectivity index (χ2v) is 9.14. The van der Waals surface area contributed by atoms with Crippen molar-refractivity contribution < 1.29 is 9.53 Å². The van der Waals surface area contributed by atoms with Crippen LogP contribution in [0.25, 0.3) is 11.0 Å². The predicted molar refractivity (Wildman–Crippen MR) is 139 cm³/mol. The quantitative estimate of drug-likeness (QED) is 0.522. The van der Waals surface area contributed by atoms with Crippen LogP contribution in [0.1, 0.15) is 30.4 Å². The molecule has 0 bridgehead atoms. The number of methoxy groups -OCH3 is 1. The van der Waals surface area contributed by atoms with Crippen LogP contribution in [-0.2, 0) is 24.3 Å². The van der Waals surface area contributed by atoms with Gasteiger partial charge in [0, 0.05) is 43.9 Å². The molecule has 1 aromatic heterocycles. The fourth-order valence-electron chi connectivity index (χ4n) is 4.89. The summed E-state index contributed by atoms with van der Waals surface area (Å²) in [5.74, 6) is 0.827. The fraction of sp³-hybridized carbons (Fsp3) is 0.423. The number of piperidine rings is 1. The molecule has 1 fully saturated rings. The maximum atomic E-state index is 12.5. The molecule has 8 nitrogen and oxygen atoms in total. The van der Waals surface area contributed by atoms with Gasteiger partial charge in [-0.25, -0.2) is 4.98 Å². The summed E-state index contributed by atoms with van der Waals surface area (Å²) in [6, 6.07) is 12.5. The van der Waals surface area contributed by atoms with Gasteiger partial charge >= 0.3 is 0 Å². The molecule has 0 atom stereocenters. The number of anilines is 1. The third-order valence-corrected chi connectivity index (χ3v) is 6.95. The first-order valence-electron chi connectivity index (χ1n) is 12.0. The molecule has 0 aliphatic carbocycles. The number of nitrogens with one attached hydrogen (secondary N) is 2. The molecule has 2 N–H and O–H groups in total. The highest BCUT2D eigenvalue weighted by molar-refractivity contribution is 5.94. The highest BCUT2D eigenvalue weighted by atomic mass is 35.5. The molecule has 1 saturated heterocycles. The van der Waals surface area contributed by atoms with Gasteiger partial charge in [0.2, 0.25) is 5.91 Å². The molecule has 186 valence electrons. The van der Waals surface area contributed by atoms with Crippen LogP contribution in [0.15, 0.2) is 47.4 Å². The van der Waals surface area contributed by atoms with Crippen LogP contribution in [-0.4, -0.2) is 53.1 Å². The Bertz CT molecular complexity index is 1250. The number of aromatic nitrogens is 2. The van der Waals surface area contributed by atoms with E-state index >= 15 is 0 Å². The van der Waals surface area contributed by atoms with Crippen LogP contribution in [0.2, 0.25) is 0 Å². The summed E-state index contributed by atoms with van der Waals surface area (Å²) >= 11 is 0. The van der Waals surface area contributed by atoms with Crippen molar-refractivity contribution in [2.75, 3.05) is 32.1 Å². The normalized spacial score (nSPS) is 16.4. The minimum atomic E-state index is -0.0847. The average Bonchev–Trinajstić information content (AvgIpc) is 2.87. The maximum absolute atomic E-state index is 12.5. The smallest absolute Gasteiger partial charge is 0.269 e. The number of hydrogen-bond acceptors (Lipinski definition) is 6. The van der Waals surface area contributed by atoms with Crippen LogP contribution in [0.5, 0.6) is 5.75 Å². The van der Waals surface area contributed by atoms with Crippen LogP contribution in [0.4, 0.5) is 5.69 Å². The summed E-state index contributed by atoms with van der Waals surface area (Å²) in [5.41, 5.74) is 4.90. The van der Waals surface area contributed by atoms with Gasteiger partial charge in [-0.05, 0) is 61.7 Å². The summed E-state index contributed by atoms with van der Waals surface area (Å²) in [6.45, 7) is 4.25. The van der Waals surface area contributed by atoms with Crippen molar-refractivity contribution in [3.05, 3.63) is 64.1 Å². The lowest BCUT2D eigenvalue weighted by Crippen LogP contribution is -2.43. The monoisotopic (exact) mass is 497 g/mol. The number of aryl methyl sites for hydroxylation is 1. The Morgan fingerprint density at radius 3 is 2.71 bits per heavy atom. The number of rotatable bonds is 7. The van der Waals surface area contributed by atoms with Gasteiger partial charge in [0.25, 0.3) is 5.56 Å². The second kappa shape index (κ2) is 11.2. The largest absolute Gasteiger partial charge is 0.497 e. The molecule has 5 rings (SSSR count). The van der Waals surface area contributed by atoms with Crippen LogP contribution in [0, 0.1) is 0 Å². The Morgan fingerprint density at radius 1 is 1.09 bits per heavy atom. The molecule has 35 heavy (non-hydrogen) atoms. The first-order chi connectivity index (χ1) is 16.6. The average molecular weight is 498 g/mol. The van der Waals surface area contributed by atoms with Crippen LogP contribution < -0.4 is 20.9 Å². The molecule has 2 aliphatic rings. The number of likely N-dealkylation sites (tertiary alicyclic amines) is 1. The molecule has 2 aliphatic heterocycles. The molecular formula is C26H32ClN5O3.